The Kier molecular flexibility index (Phi) is 4.81. The zero-order valence-corrected chi connectivity index (χ0v) is 15.9. The van der Waals surface area contributed by atoms with E-state index in [-0.39, 0.29) is 29.2 Å². The van der Waals surface area contributed by atoms with Crippen molar-refractivity contribution in [2.45, 2.75) is 36.7 Å². The van der Waals surface area contributed by atoms with Crippen molar-refractivity contribution >= 4 is 27.5 Å². The van der Waals surface area contributed by atoms with E-state index in [0.717, 1.165) is 19.3 Å². The minimum atomic E-state index is -3.57. The van der Waals surface area contributed by atoms with Gasteiger partial charge in [-0.25, -0.2) is 8.42 Å². The average molecular weight is 392 g/mol. The van der Waals surface area contributed by atoms with Crippen LogP contribution in [0.15, 0.2) is 29.2 Å². The van der Waals surface area contributed by atoms with E-state index < -0.39 is 16.2 Å². The van der Waals surface area contributed by atoms with Crippen molar-refractivity contribution in [2.24, 2.45) is 5.92 Å². The number of nitrogens with zero attached hydrogens (tertiary/aromatic N) is 2. The summed E-state index contributed by atoms with van der Waals surface area (Å²) in [5.41, 5.74) is 0.590. The number of anilines is 1. The summed E-state index contributed by atoms with van der Waals surface area (Å²) < 4.78 is 27.8. The van der Waals surface area contributed by atoms with E-state index in [4.69, 9.17) is 0 Å². The summed E-state index contributed by atoms with van der Waals surface area (Å²) in [6, 6.07) is 6.82. The van der Waals surface area contributed by atoms with E-state index in [1.807, 2.05) is 0 Å². The van der Waals surface area contributed by atoms with Crippen LogP contribution in [0.2, 0.25) is 0 Å². The van der Waals surface area contributed by atoms with Crippen LogP contribution in [0.4, 0.5) is 5.69 Å². The molecule has 1 aromatic rings. The Bertz CT molecular complexity index is 857. The maximum Gasteiger partial charge on any atom is 0.244 e. The molecule has 2 atom stereocenters. The fourth-order valence-corrected chi connectivity index (χ4v) is 5.49. The largest absolute Gasteiger partial charge is 0.368 e. The second-order valence-electron chi connectivity index (χ2n) is 7.40. The Morgan fingerprint density at radius 2 is 2.00 bits per heavy atom. The Labute approximate surface area is 158 Å². The molecule has 2 amide bonds. The Morgan fingerprint density at radius 1 is 1.19 bits per heavy atom. The van der Waals surface area contributed by atoms with Crippen LogP contribution >= 0.6 is 0 Å². The van der Waals surface area contributed by atoms with Gasteiger partial charge in [0.05, 0.1) is 18.4 Å². The minimum Gasteiger partial charge on any atom is -0.368 e. The van der Waals surface area contributed by atoms with Crippen molar-refractivity contribution in [1.29, 1.82) is 0 Å². The molecule has 0 radical (unpaired) electrons. The predicted octanol–water partition coefficient (Wildman–Crippen LogP) is 0.578. The Hall–Kier alpha value is -2.13. The summed E-state index contributed by atoms with van der Waals surface area (Å²) in [6.45, 7) is 1.89. The molecule has 0 saturated carbocycles. The summed E-state index contributed by atoms with van der Waals surface area (Å²) in [7, 11) is -3.57. The second kappa shape index (κ2) is 7.12. The third-order valence-electron chi connectivity index (χ3n) is 5.55. The van der Waals surface area contributed by atoms with E-state index in [9.17, 15) is 18.0 Å². The molecular formula is C18H24N4O4S. The molecule has 9 heteroatoms. The molecule has 1 aromatic carbocycles. The van der Waals surface area contributed by atoms with E-state index >= 15 is 0 Å². The van der Waals surface area contributed by atoms with Gasteiger partial charge in [-0.3, -0.25) is 9.59 Å². The molecule has 3 heterocycles. The maximum absolute atomic E-state index is 12.6. The van der Waals surface area contributed by atoms with Crippen LogP contribution in [0, 0.1) is 5.92 Å². The molecule has 2 N–H and O–H groups in total. The number of carbonyl (C=O) groups is 2. The number of piperidine rings is 1. The van der Waals surface area contributed by atoms with Crippen molar-refractivity contribution in [3.63, 3.8) is 0 Å². The molecule has 8 nitrogen and oxygen atoms in total. The fraction of sp³-hybridized carbons (Fsp3) is 0.556. The van der Waals surface area contributed by atoms with E-state index in [2.05, 4.69) is 10.0 Å². The standard InChI is InChI=1S/C18H24N4O4S/c23-16-8-4-10-22(16)12-17(24)21-9-3-5-13(11-21)18-19-14-6-1-2-7-15(14)27(25,26)20-18/h1-2,6-7,13,18-20H,3-5,8-12H2/t13-,18-/m1/s1. The highest BCUT2D eigenvalue weighted by atomic mass is 32.2. The molecule has 0 unspecified atom stereocenters. The van der Waals surface area contributed by atoms with Crippen LogP contribution in [0.1, 0.15) is 25.7 Å². The van der Waals surface area contributed by atoms with Gasteiger partial charge in [0, 0.05) is 32.0 Å². The third kappa shape index (κ3) is 3.66. The quantitative estimate of drug-likeness (QED) is 0.784. The van der Waals surface area contributed by atoms with Crippen molar-refractivity contribution in [3.05, 3.63) is 24.3 Å². The molecule has 4 rings (SSSR count). The van der Waals surface area contributed by atoms with Gasteiger partial charge < -0.3 is 15.1 Å². The van der Waals surface area contributed by atoms with Crippen molar-refractivity contribution in [1.82, 2.24) is 14.5 Å². The molecule has 3 aliphatic heterocycles. The number of amides is 2. The van der Waals surface area contributed by atoms with Crippen LogP contribution in [0.3, 0.4) is 0 Å². The number of para-hydroxylation sites is 1. The number of likely N-dealkylation sites (tertiary alicyclic amines) is 2. The van der Waals surface area contributed by atoms with Crippen LogP contribution in [-0.4, -0.2) is 62.4 Å². The van der Waals surface area contributed by atoms with Crippen LogP contribution in [0.25, 0.3) is 0 Å². The number of hydrogen-bond acceptors (Lipinski definition) is 5. The van der Waals surface area contributed by atoms with Gasteiger partial charge in [-0.05, 0) is 31.4 Å². The number of carbonyl (C=O) groups excluding carboxylic acids is 2. The van der Waals surface area contributed by atoms with Crippen LogP contribution in [-0.2, 0) is 19.6 Å². The highest BCUT2D eigenvalue weighted by molar-refractivity contribution is 7.89. The number of fused-ring (bicyclic) bond motifs is 1. The summed E-state index contributed by atoms with van der Waals surface area (Å²) in [5, 5.41) is 3.27. The highest BCUT2D eigenvalue weighted by Gasteiger charge is 2.37. The normalized spacial score (nSPS) is 27.2. The topological polar surface area (TPSA) is 98.8 Å². The predicted molar refractivity (Wildman–Crippen MR) is 99.3 cm³/mol. The van der Waals surface area contributed by atoms with Crippen LogP contribution < -0.4 is 10.0 Å². The summed E-state index contributed by atoms with van der Waals surface area (Å²) >= 11 is 0. The summed E-state index contributed by atoms with van der Waals surface area (Å²) in [6.07, 6.45) is 2.51. The lowest BCUT2D eigenvalue weighted by molar-refractivity contribution is -0.139. The lowest BCUT2D eigenvalue weighted by Crippen LogP contribution is -2.55. The Morgan fingerprint density at radius 3 is 2.78 bits per heavy atom. The molecule has 0 bridgehead atoms. The van der Waals surface area contributed by atoms with Gasteiger partial charge in [-0.1, -0.05) is 12.1 Å². The zero-order valence-electron chi connectivity index (χ0n) is 15.1. The number of rotatable bonds is 3. The van der Waals surface area contributed by atoms with Gasteiger partial charge in [0.25, 0.3) is 0 Å². The van der Waals surface area contributed by atoms with Crippen LogP contribution in [0.5, 0.6) is 0 Å². The van der Waals surface area contributed by atoms with E-state index in [0.29, 0.717) is 31.7 Å². The molecule has 2 saturated heterocycles. The molecule has 0 aromatic heterocycles. The SMILES string of the molecule is O=C1CCCN1CC(=O)N1CCC[C@@H]([C@@H]2Nc3ccccc3S(=O)(=O)N2)C1. The zero-order chi connectivity index (χ0) is 19.0. The monoisotopic (exact) mass is 392 g/mol. The molecule has 3 aliphatic rings. The number of sulfonamides is 1. The van der Waals surface area contributed by atoms with Gasteiger partial charge in [-0.15, -0.1) is 0 Å². The summed E-state index contributed by atoms with van der Waals surface area (Å²) in [5.74, 6) is -0.0515. The second-order valence-corrected chi connectivity index (χ2v) is 9.08. The van der Waals surface area contributed by atoms with Crippen molar-refractivity contribution in [3.8, 4) is 0 Å². The average Bonchev–Trinajstić information content (AvgIpc) is 3.06. The fourth-order valence-electron chi connectivity index (χ4n) is 4.10. The minimum absolute atomic E-state index is 0.0277. The molecule has 27 heavy (non-hydrogen) atoms. The molecule has 0 spiro atoms. The lowest BCUT2D eigenvalue weighted by Gasteiger charge is -2.40. The first-order valence-corrected chi connectivity index (χ1v) is 10.9. The van der Waals surface area contributed by atoms with E-state index in [1.54, 1.807) is 34.1 Å². The maximum atomic E-state index is 12.6. The number of benzene rings is 1. The smallest absolute Gasteiger partial charge is 0.244 e. The number of hydrogen-bond donors (Lipinski definition) is 2. The third-order valence-corrected chi connectivity index (χ3v) is 7.05. The molecule has 2 fully saturated rings. The van der Waals surface area contributed by atoms with E-state index in [1.165, 1.54) is 0 Å². The van der Waals surface area contributed by atoms with Gasteiger partial charge >= 0.3 is 0 Å². The van der Waals surface area contributed by atoms with Gasteiger partial charge in [0.15, 0.2) is 0 Å². The highest BCUT2D eigenvalue weighted by Crippen LogP contribution is 2.30. The van der Waals surface area contributed by atoms with Crippen molar-refractivity contribution in [2.75, 3.05) is 31.5 Å². The van der Waals surface area contributed by atoms with Gasteiger partial charge in [0.2, 0.25) is 21.8 Å². The van der Waals surface area contributed by atoms with Crippen molar-refractivity contribution < 1.29 is 18.0 Å². The first-order valence-electron chi connectivity index (χ1n) is 9.37. The first-order chi connectivity index (χ1) is 12.9. The van der Waals surface area contributed by atoms with Gasteiger partial charge in [0.1, 0.15) is 4.90 Å². The molecule has 146 valence electrons. The molecule has 0 aliphatic carbocycles. The molecular weight excluding hydrogens is 368 g/mol. The van der Waals surface area contributed by atoms with Gasteiger partial charge in [-0.2, -0.15) is 4.72 Å². The Balaban J connectivity index is 1.44. The lowest BCUT2D eigenvalue weighted by atomic mass is 9.94. The number of nitrogens with one attached hydrogen (secondary N) is 2. The first kappa shape index (κ1) is 18.2. The summed E-state index contributed by atoms with van der Waals surface area (Å²) in [4.78, 5) is 28.0.